The van der Waals surface area contributed by atoms with Crippen molar-refractivity contribution in [2.24, 2.45) is 145 Å². The van der Waals surface area contributed by atoms with Crippen LogP contribution in [0, 0.1) is 145 Å². The van der Waals surface area contributed by atoms with Crippen LogP contribution in [0.4, 0.5) is 0 Å². The minimum Gasteiger partial charge on any atom is -0.461 e. The van der Waals surface area contributed by atoms with E-state index in [-0.39, 0.29) is 90.8 Å². The van der Waals surface area contributed by atoms with Crippen molar-refractivity contribution in [3.05, 3.63) is 0 Å². The van der Waals surface area contributed by atoms with Gasteiger partial charge in [-0.05, 0) is 408 Å². The molecule has 3 atom stereocenters. The summed E-state index contributed by atoms with van der Waals surface area (Å²) >= 11 is 0. The third-order valence-corrected chi connectivity index (χ3v) is 33.5. The highest BCUT2D eigenvalue weighted by atomic mass is 16.6. The Balaban J connectivity index is 0.000000138. The SMILES string of the molecule is CCC(C)(C)C(=O)OC(C(C)C)C1CC2CCCC(C2)C1.CCC(C)(C)C(=O)OC(C)(C)C12CC3CC(CC(C3)C1)C2.CCC(C)(C)C(=O)OC1(C)C2CC3CC(C2)CC1C3.CCC(C)(C)C(=O)OC1(CC)C2CC3CC(C2)CC1C3.CCCCC1(OC(=O)C(C)(C)CC)C2CC3CC(C2)CC1C3. The Labute approximate surface area is 631 Å². The van der Waals surface area contributed by atoms with Crippen LogP contribution in [0.1, 0.15) is 383 Å². The highest BCUT2D eigenvalue weighted by Gasteiger charge is 2.63. The second kappa shape index (κ2) is 32.0. The molecule has 18 aliphatic carbocycles. The molecule has 0 saturated heterocycles. The molecule has 0 aromatic rings. The zero-order chi connectivity index (χ0) is 75.4. The predicted octanol–water partition coefficient (Wildman–Crippen LogP) is 24.3. The maximum absolute atomic E-state index is 12.8. The molecule has 0 spiro atoms. The van der Waals surface area contributed by atoms with Gasteiger partial charge in [0, 0.05) is 5.41 Å². The third kappa shape index (κ3) is 17.4. The van der Waals surface area contributed by atoms with Gasteiger partial charge in [0.1, 0.15) is 28.5 Å². The Bertz CT molecular complexity index is 2750. The first-order chi connectivity index (χ1) is 48.2. The minimum atomic E-state index is -0.362. The molecule has 18 rings (SSSR count). The van der Waals surface area contributed by atoms with E-state index in [1.54, 1.807) is 0 Å². The standard InChI is InChI=1S/C20H34O2.C19H32O2.C19H34O2.C18H30O2.C17H28O2/c1-5-7-8-20(22-18(21)19(3,4)6-2)16-10-14-9-15(12-16)13-17(20)11-14;1-6-17(2,3)16(20)21-18(4,5)19-10-13-7-14(11-19)9-15(8-13)12-19;1-6-19(4,5)18(20)21-17(13(2)3)16-11-14-8-7-9-15(10-14)12-16;1-5-17(3,4)16(19)20-18(6-2)14-8-12-7-13(10-14)11-15(18)9-12;1-5-16(2,3)15(18)19-17(4)13-7-11-6-12(9-13)10-14(17)8-11/h14-17H,5-13H2,1-4H3;13-15H,6-12H2,1-5H3;13-17H,6-12H2,1-5H3;12-15H,5-11H2,1-4H3;11-14H,5-10H2,1-4H3. The molecule has 10 nitrogen and oxygen atoms in total. The van der Waals surface area contributed by atoms with Gasteiger partial charge in [-0.15, -0.1) is 0 Å². The second-order valence-electron chi connectivity index (χ2n) is 43.2. The Morgan fingerprint density at radius 3 is 1.03 bits per heavy atom. The van der Waals surface area contributed by atoms with E-state index in [1.807, 2.05) is 69.2 Å². The lowest BCUT2D eigenvalue weighted by Gasteiger charge is -2.61. The molecule has 18 saturated carbocycles. The molecular weight excluding hydrogens is 1280 g/mol. The van der Waals surface area contributed by atoms with Crippen molar-refractivity contribution in [3.8, 4) is 0 Å². The highest BCUT2D eigenvalue weighted by molar-refractivity contribution is 5.78. The smallest absolute Gasteiger partial charge is 0.312 e. The number of ether oxygens (including phenoxy) is 5. The number of hydrogen-bond donors (Lipinski definition) is 0. The van der Waals surface area contributed by atoms with Gasteiger partial charge >= 0.3 is 29.8 Å². The lowest BCUT2D eigenvalue weighted by atomic mass is 9.46. The maximum atomic E-state index is 12.8. The first-order valence-corrected chi connectivity index (χ1v) is 44.3. The van der Waals surface area contributed by atoms with Gasteiger partial charge in [-0.2, -0.15) is 0 Å². The summed E-state index contributed by atoms with van der Waals surface area (Å²) in [6.07, 6.45) is 45.2. The highest BCUT2D eigenvalue weighted by Crippen LogP contribution is 2.67. The Hall–Kier alpha value is -2.65. The maximum Gasteiger partial charge on any atom is 0.312 e. The average Bonchev–Trinajstić information content (AvgIpc) is 0.766. The summed E-state index contributed by atoms with van der Waals surface area (Å²) in [6.45, 7) is 46.0. The Kier molecular flexibility index (Phi) is 25.7. The fourth-order valence-corrected chi connectivity index (χ4v) is 25.3. The molecular formula is C93H158O10. The summed E-state index contributed by atoms with van der Waals surface area (Å²) in [5, 5.41) is 0. The van der Waals surface area contributed by atoms with Crippen LogP contribution in [0.25, 0.3) is 0 Å². The van der Waals surface area contributed by atoms with Gasteiger partial charge in [-0.3, -0.25) is 24.0 Å². The monoisotopic (exact) mass is 1440 g/mol. The van der Waals surface area contributed by atoms with E-state index < -0.39 is 0 Å². The van der Waals surface area contributed by atoms with Crippen LogP contribution >= 0.6 is 0 Å². The van der Waals surface area contributed by atoms with Crippen molar-refractivity contribution in [2.45, 2.75) is 412 Å². The molecule has 18 bridgehead atoms. The van der Waals surface area contributed by atoms with Crippen LogP contribution in [-0.2, 0) is 47.7 Å². The number of carbonyl (C=O) groups excluding carboxylic acids is 5. The molecule has 10 heteroatoms. The summed E-state index contributed by atoms with van der Waals surface area (Å²) in [5.41, 5.74) is -2.20. The van der Waals surface area contributed by atoms with Crippen molar-refractivity contribution in [2.75, 3.05) is 0 Å². The van der Waals surface area contributed by atoms with Gasteiger partial charge in [0.25, 0.3) is 0 Å². The van der Waals surface area contributed by atoms with Crippen molar-refractivity contribution in [1.82, 2.24) is 0 Å². The van der Waals surface area contributed by atoms with Gasteiger partial charge in [-0.25, -0.2) is 0 Å². The molecule has 0 N–H and O–H groups in total. The summed E-state index contributed by atoms with van der Waals surface area (Å²) < 4.78 is 31.0. The van der Waals surface area contributed by atoms with Crippen LogP contribution in [0.15, 0.2) is 0 Å². The first kappa shape index (κ1) is 82.8. The van der Waals surface area contributed by atoms with Crippen LogP contribution in [0.5, 0.6) is 0 Å². The molecule has 0 aromatic carbocycles. The van der Waals surface area contributed by atoms with Crippen molar-refractivity contribution in [3.63, 3.8) is 0 Å². The zero-order valence-electron chi connectivity index (χ0n) is 70.6. The Morgan fingerprint density at radius 2 is 0.680 bits per heavy atom. The number of esters is 5. The summed E-state index contributed by atoms with van der Waals surface area (Å²) in [7, 11) is 0. The van der Waals surface area contributed by atoms with E-state index in [2.05, 4.69) is 83.1 Å². The third-order valence-electron chi connectivity index (χ3n) is 33.5. The van der Waals surface area contributed by atoms with E-state index in [0.717, 1.165) is 110 Å². The topological polar surface area (TPSA) is 132 Å². The molecule has 0 radical (unpaired) electrons. The number of fused-ring (bicyclic) bond motifs is 2. The first-order valence-electron chi connectivity index (χ1n) is 44.3. The molecule has 18 aliphatic rings. The minimum absolute atomic E-state index is 0.000525. The fourth-order valence-electron chi connectivity index (χ4n) is 25.3. The lowest BCUT2D eigenvalue weighted by molar-refractivity contribution is -0.220. The largest absolute Gasteiger partial charge is 0.461 e. The van der Waals surface area contributed by atoms with Crippen LogP contribution in [0.3, 0.4) is 0 Å². The number of rotatable bonds is 22. The molecule has 0 aromatic heterocycles. The van der Waals surface area contributed by atoms with Crippen molar-refractivity contribution >= 4 is 29.8 Å². The van der Waals surface area contributed by atoms with Gasteiger partial charge in [0.05, 0.1) is 27.1 Å². The van der Waals surface area contributed by atoms with Crippen molar-refractivity contribution < 1.29 is 47.7 Å². The van der Waals surface area contributed by atoms with E-state index in [4.69, 9.17) is 23.7 Å². The van der Waals surface area contributed by atoms with E-state index in [0.29, 0.717) is 47.3 Å². The summed E-state index contributed by atoms with van der Waals surface area (Å²) in [5.74, 6) is 15.0. The molecule has 3 unspecified atom stereocenters. The number of carbonyl (C=O) groups is 5. The van der Waals surface area contributed by atoms with Crippen LogP contribution in [-0.4, -0.2) is 58.4 Å². The summed E-state index contributed by atoms with van der Waals surface area (Å²) in [6, 6.07) is 0. The molecule has 0 aliphatic heterocycles. The molecule has 18 fully saturated rings. The van der Waals surface area contributed by atoms with E-state index >= 15 is 0 Å². The normalized spacial score (nSPS) is 39.3. The van der Waals surface area contributed by atoms with Gasteiger partial charge < -0.3 is 23.7 Å². The number of hydrogen-bond acceptors (Lipinski definition) is 10. The zero-order valence-corrected chi connectivity index (χ0v) is 70.6. The van der Waals surface area contributed by atoms with E-state index in [1.165, 1.54) is 186 Å². The number of unbranched alkanes of at least 4 members (excludes halogenated alkanes) is 1. The van der Waals surface area contributed by atoms with Crippen molar-refractivity contribution in [1.29, 1.82) is 0 Å². The Morgan fingerprint density at radius 1 is 0.369 bits per heavy atom. The fraction of sp³-hybridized carbons (Fsp3) is 0.946. The molecule has 0 amide bonds. The average molecular weight is 1440 g/mol. The van der Waals surface area contributed by atoms with Crippen LogP contribution < -0.4 is 0 Å². The van der Waals surface area contributed by atoms with E-state index in [9.17, 15) is 24.0 Å². The lowest BCUT2D eigenvalue weighted by Crippen LogP contribution is -2.60. The predicted molar refractivity (Wildman–Crippen MR) is 417 cm³/mol. The van der Waals surface area contributed by atoms with Gasteiger partial charge in [-0.1, -0.05) is 88.0 Å². The van der Waals surface area contributed by atoms with Crippen LogP contribution in [0.2, 0.25) is 0 Å². The second-order valence-corrected chi connectivity index (χ2v) is 43.2. The van der Waals surface area contributed by atoms with Gasteiger partial charge in [0.15, 0.2) is 0 Å². The van der Waals surface area contributed by atoms with Gasteiger partial charge in [0.2, 0.25) is 0 Å². The molecule has 590 valence electrons. The quantitative estimate of drug-likeness (QED) is 0.0762. The molecule has 103 heavy (non-hydrogen) atoms. The molecule has 0 heterocycles. The summed E-state index contributed by atoms with van der Waals surface area (Å²) in [4.78, 5) is 63.0.